The van der Waals surface area contributed by atoms with E-state index in [1.807, 2.05) is 18.2 Å². The standard InChI is InChI=1S/C15H19NO2/c1-17-13-7-6-12(9-13)16-10-14-8-11-4-2-3-5-15(11)18-14/h2-5,8,12-13,16H,6-7,9-10H2,1H3. The molecule has 1 heterocycles. The number of nitrogens with one attached hydrogen (secondary N) is 1. The van der Waals surface area contributed by atoms with Crippen LogP contribution in [0.15, 0.2) is 34.7 Å². The average Bonchev–Trinajstić information content (AvgIpc) is 3.02. The van der Waals surface area contributed by atoms with Crippen molar-refractivity contribution in [1.82, 2.24) is 5.32 Å². The number of benzene rings is 1. The van der Waals surface area contributed by atoms with Crippen LogP contribution in [-0.2, 0) is 11.3 Å². The van der Waals surface area contributed by atoms with Gasteiger partial charge in [0.05, 0.1) is 12.6 Å². The second-order valence-corrected chi connectivity index (χ2v) is 5.00. The highest BCUT2D eigenvalue weighted by molar-refractivity contribution is 5.77. The van der Waals surface area contributed by atoms with Crippen LogP contribution in [0.5, 0.6) is 0 Å². The Kier molecular flexibility index (Phi) is 3.35. The molecule has 2 atom stereocenters. The summed E-state index contributed by atoms with van der Waals surface area (Å²) < 4.78 is 11.2. The zero-order valence-electron chi connectivity index (χ0n) is 10.7. The number of methoxy groups -OCH3 is 1. The highest BCUT2D eigenvalue weighted by Gasteiger charge is 2.23. The van der Waals surface area contributed by atoms with Crippen LogP contribution in [0, 0.1) is 0 Å². The summed E-state index contributed by atoms with van der Waals surface area (Å²) in [5.41, 5.74) is 0.968. The van der Waals surface area contributed by atoms with E-state index in [9.17, 15) is 0 Å². The van der Waals surface area contributed by atoms with Crippen LogP contribution < -0.4 is 5.32 Å². The zero-order valence-corrected chi connectivity index (χ0v) is 10.7. The molecule has 3 nitrogen and oxygen atoms in total. The van der Waals surface area contributed by atoms with Crippen LogP contribution in [0.3, 0.4) is 0 Å². The van der Waals surface area contributed by atoms with Gasteiger partial charge >= 0.3 is 0 Å². The summed E-state index contributed by atoms with van der Waals surface area (Å²) in [6.07, 6.45) is 3.89. The molecule has 1 aromatic carbocycles. The topological polar surface area (TPSA) is 34.4 Å². The third kappa shape index (κ3) is 2.42. The van der Waals surface area contributed by atoms with E-state index in [4.69, 9.17) is 9.15 Å². The van der Waals surface area contributed by atoms with Crippen molar-refractivity contribution >= 4 is 11.0 Å². The number of furan rings is 1. The Balaban J connectivity index is 1.60. The Morgan fingerprint density at radius 1 is 1.33 bits per heavy atom. The lowest BCUT2D eigenvalue weighted by molar-refractivity contribution is 0.107. The van der Waals surface area contributed by atoms with Crippen LogP contribution in [0.1, 0.15) is 25.0 Å². The van der Waals surface area contributed by atoms with Gasteiger partial charge in [0.1, 0.15) is 11.3 Å². The van der Waals surface area contributed by atoms with E-state index in [-0.39, 0.29) is 0 Å². The quantitative estimate of drug-likeness (QED) is 0.898. The van der Waals surface area contributed by atoms with Crippen molar-refractivity contribution in [2.45, 2.75) is 38.0 Å². The maximum Gasteiger partial charge on any atom is 0.134 e. The maximum atomic E-state index is 5.79. The molecule has 0 radical (unpaired) electrons. The van der Waals surface area contributed by atoms with E-state index in [1.165, 1.54) is 11.8 Å². The molecule has 2 aromatic rings. The number of ether oxygens (including phenoxy) is 1. The smallest absolute Gasteiger partial charge is 0.134 e. The van der Waals surface area contributed by atoms with Crippen LogP contribution in [0.25, 0.3) is 11.0 Å². The Hall–Kier alpha value is -1.32. The first-order chi connectivity index (χ1) is 8.85. The first-order valence-electron chi connectivity index (χ1n) is 6.59. The molecule has 1 N–H and O–H groups in total. The summed E-state index contributed by atoms with van der Waals surface area (Å²) in [6, 6.07) is 10.8. The third-order valence-electron chi connectivity index (χ3n) is 3.76. The van der Waals surface area contributed by atoms with E-state index in [1.54, 1.807) is 7.11 Å². The van der Waals surface area contributed by atoms with E-state index < -0.39 is 0 Å². The number of fused-ring (bicyclic) bond motifs is 1. The first kappa shape index (κ1) is 11.8. The van der Waals surface area contributed by atoms with Gasteiger partial charge in [-0.05, 0) is 31.4 Å². The molecule has 0 amide bonds. The van der Waals surface area contributed by atoms with Crippen LogP contribution in [-0.4, -0.2) is 19.3 Å². The van der Waals surface area contributed by atoms with Gasteiger partial charge in [-0.3, -0.25) is 0 Å². The highest BCUT2D eigenvalue weighted by Crippen LogP contribution is 2.23. The van der Waals surface area contributed by atoms with Gasteiger partial charge in [-0.25, -0.2) is 0 Å². The Morgan fingerprint density at radius 3 is 3.00 bits per heavy atom. The molecule has 3 rings (SSSR count). The number of hydrogen-bond donors (Lipinski definition) is 1. The lowest BCUT2D eigenvalue weighted by Crippen LogP contribution is -2.26. The fourth-order valence-electron chi connectivity index (χ4n) is 2.71. The van der Waals surface area contributed by atoms with E-state index in [2.05, 4.69) is 17.4 Å². The second-order valence-electron chi connectivity index (χ2n) is 5.00. The van der Waals surface area contributed by atoms with Gasteiger partial charge in [0, 0.05) is 18.5 Å². The van der Waals surface area contributed by atoms with Gasteiger partial charge in [-0.1, -0.05) is 18.2 Å². The molecule has 96 valence electrons. The molecule has 1 aliphatic carbocycles. The minimum absolute atomic E-state index is 0.429. The van der Waals surface area contributed by atoms with Crippen LogP contribution >= 0.6 is 0 Å². The molecule has 1 aliphatic rings. The predicted molar refractivity (Wildman–Crippen MR) is 71.5 cm³/mol. The molecule has 18 heavy (non-hydrogen) atoms. The normalized spacial score (nSPS) is 23.8. The largest absolute Gasteiger partial charge is 0.460 e. The van der Waals surface area contributed by atoms with Crippen molar-refractivity contribution in [3.8, 4) is 0 Å². The third-order valence-corrected chi connectivity index (χ3v) is 3.76. The number of rotatable bonds is 4. The molecule has 0 bridgehead atoms. The fraction of sp³-hybridized carbons (Fsp3) is 0.467. The lowest BCUT2D eigenvalue weighted by atomic mass is 10.2. The number of hydrogen-bond acceptors (Lipinski definition) is 3. The van der Waals surface area contributed by atoms with Gasteiger partial charge in [0.2, 0.25) is 0 Å². The average molecular weight is 245 g/mol. The molecular formula is C15H19NO2. The summed E-state index contributed by atoms with van der Waals surface area (Å²) in [5, 5.41) is 4.73. The Morgan fingerprint density at radius 2 is 2.22 bits per heavy atom. The molecule has 2 unspecified atom stereocenters. The minimum atomic E-state index is 0.429. The van der Waals surface area contributed by atoms with Crippen LogP contribution in [0.2, 0.25) is 0 Å². The van der Waals surface area contributed by atoms with Gasteiger partial charge in [-0.15, -0.1) is 0 Å². The summed E-state index contributed by atoms with van der Waals surface area (Å²) >= 11 is 0. The van der Waals surface area contributed by atoms with Crippen molar-refractivity contribution in [2.75, 3.05) is 7.11 Å². The monoisotopic (exact) mass is 245 g/mol. The molecular weight excluding hydrogens is 226 g/mol. The highest BCUT2D eigenvalue weighted by atomic mass is 16.5. The molecule has 3 heteroatoms. The summed E-state index contributed by atoms with van der Waals surface area (Å²) in [7, 11) is 1.80. The van der Waals surface area contributed by atoms with Gasteiger partial charge in [0.15, 0.2) is 0 Å². The maximum absolute atomic E-state index is 5.79. The Labute approximate surface area is 107 Å². The summed E-state index contributed by atoms with van der Waals surface area (Å²) in [5.74, 6) is 1.01. The predicted octanol–water partition coefficient (Wildman–Crippen LogP) is 3.09. The Bertz CT molecular complexity index is 487. The lowest BCUT2D eigenvalue weighted by Gasteiger charge is -2.11. The molecule has 0 aliphatic heterocycles. The molecule has 1 saturated carbocycles. The van der Waals surface area contributed by atoms with Gasteiger partial charge in [0.25, 0.3) is 0 Å². The molecule has 1 aromatic heterocycles. The van der Waals surface area contributed by atoms with Crippen molar-refractivity contribution in [1.29, 1.82) is 0 Å². The van der Waals surface area contributed by atoms with E-state index >= 15 is 0 Å². The van der Waals surface area contributed by atoms with Crippen molar-refractivity contribution in [3.05, 3.63) is 36.1 Å². The SMILES string of the molecule is COC1CCC(NCc2cc3ccccc3o2)C1. The van der Waals surface area contributed by atoms with Crippen molar-refractivity contribution in [2.24, 2.45) is 0 Å². The second kappa shape index (κ2) is 5.12. The molecule has 0 spiro atoms. The van der Waals surface area contributed by atoms with Crippen LogP contribution in [0.4, 0.5) is 0 Å². The summed E-state index contributed by atoms with van der Waals surface area (Å²) in [4.78, 5) is 0. The molecule has 0 saturated heterocycles. The zero-order chi connectivity index (χ0) is 12.4. The minimum Gasteiger partial charge on any atom is -0.460 e. The van der Waals surface area contributed by atoms with Gasteiger partial charge in [-0.2, -0.15) is 0 Å². The van der Waals surface area contributed by atoms with E-state index in [0.29, 0.717) is 12.1 Å². The molecule has 1 fully saturated rings. The van der Waals surface area contributed by atoms with Crippen molar-refractivity contribution in [3.63, 3.8) is 0 Å². The van der Waals surface area contributed by atoms with E-state index in [0.717, 1.165) is 30.7 Å². The van der Waals surface area contributed by atoms with Crippen molar-refractivity contribution < 1.29 is 9.15 Å². The van der Waals surface area contributed by atoms with Gasteiger partial charge < -0.3 is 14.5 Å². The number of para-hydroxylation sites is 1. The summed E-state index contributed by atoms with van der Waals surface area (Å²) in [6.45, 7) is 0.801. The first-order valence-corrected chi connectivity index (χ1v) is 6.59. The fourth-order valence-corrected chi connectivity index (χ4v) is 2.71.